The molecule has 0 bridgehead atoms. The number of aromatic nitrogens is 2. The number of hydrogen-bond acceptors (Lipinski definition) is 3. The number of aryl methyl sites for hydroxylation is 3. The van der Waals surface area contributed by atoms with Crippen molar-refractivity contribution in [2.75, 3.05) is 0 Å². The third kappa shape index (κ3) is 3.20. The van der Waals surface area contributed by atoms with Crippen LogP contribution in [0.1, 0.15) is 34.2 Å². The minimum atomic E-state index is -0.246. The summed E-state index contributed by atoms with van der Waals surface area (Å²) in [7, 11) is 0. The molecule has 1 amide bonds. The van der Waals surface area contributed by atoms with E-state index in [-0.39, 0.29) is 5.91 Å². The van der Waals surface area contributed by atoms with Crippen LogP contribution in [0.5, 0.6) is 0 Å². The molecular weight excluding hydrogens is 300 g/mol. The number of fused-ring (bicyclic) bond motifs is 1. The van der Waals surface area contributed by atoms with Crippen LogP contribution < -0.4 is 5.43 Å². The summed E-state index contributed by atoms with van der Waals surface area (Å²) in [6.45, 7) is 6.93. The molecule has 0 atom stereocenters. The van der Waals surface area contributed by atoms with Gasteiger partial charge in [-0.15, -0.1) is 0 Å². The number of carbonyl (C=O) groups excluding carboxylic acids is 1. The zero-order valence-electron chi connectivity index (χ0n) is 14.1. The molecule has 0 radical (unpaired) electrons. The molecule has 0 unspecified atom stereocenters. The molecule has 0 aliphatic heterocycles. The van der Waals surface area contributed by atoms with Crippen molar-refractivity contribution in [2.24, 2.45) is 5.10 Å². The molecule has 0 aliphatic carbocycles. The summed E-state index contributed by atoms with van der Waals surface area (Å²) < 4.78 is 2.12. The van der Waals surface area contributed by atoms with Gasteiger partial charge >= 0.3 is 0 Å². The smallest absolute Gasteiger partial charge is 0.271 e. The summed E-state index contributed by atoms with van der Waals surface area (Å²) in [5.41, 5.74) is 7.09. The van der Waals surface area contributed by atoms with Crippen LogP contribution in [0, 0.1) is 13.8 Å². The average molecular weight is 320 g/mol. The molecule has 0 aliphatic rings. The molecule has 24 heavy (non-hydrogen) atoms. The van der Waals surface area contributed by atoms with Gasteiger partial charge in [-0.3, -0.25) is 4.79 Å². The summed E-state index contributed by atoms with van der Waals surface area (Å²) in [6, 6.07) is 13.4. The molecular formula is C19H20N4O. The van der Waals surface area contributed by atoms with Gasteiger partial charge in [0, 0.05) is 12.1 Å². The Hall–Kier alpha value is -2.95. The monoisotopic (exact) mass is 320 g/mol. The summed E-state index contributed by atoms with van der Waals surface area (Å²) >= 11 is 0. The van der Waals surface area contributed by atoms with Crippen molar-refractivity contribution in [1.82, 2.24) is 15.0 Å². The van der Waals surface area contributed by atoms with Gasteiger partial charge in [-0.2, -0.15) is 5.10 Å². The number of hydrogen-bond donors (Lipinski definition) is 1. The van der Waals surface area contributed by atoms with Crippen LogP contribution in [0.4, 0.5) is 0 Å². The Morgan fingerprint density at radius 1 is 1.21 bits per heavy atom. The van der Waals surface area contributed by atoms with Crippen LogP contribution in [-0.2, 0) is 6.54 Å². The highest BCUT2D eigenvalue weighted by Crippen LogP contribution is 2.17. The Morgan fingerprint density at radius 3 is 2.67 bits per heavy atom. The van der Waals surface area contributed by atoms with Crippen molar-refractivity contribution >= 4 is 23.2 Å². The second kappa shape index (κ2) is 6.66. The first-order valence-electron chi connectivity index (χ1n) is 7.95. The standard InChI is InChI=1S/C19H20N4O/c1-4-23-14(3)21-17-11-16(9-10-18(17)23)19(24)22-20-12-15-7-5-13(2)6-8-15/h5-12H,4H2,1-3H3,(H,22,24)/b20-12+. The first kappa shape index (κ1) is 15.9. The zero-order valence-corrected chi connectivity index (χ0v) is 14.1. The molecule has 2 aromatic carbocycles. The van der Waals surface area contributed by atoms with Crippen molar-refractivity contribution < 1.29 is 4.79 Å². The molecule has 3 aromatic rings. The fraction of sp³-hybridized carbons (Fsp3) is 0.211. The van der Waals surface area contributed by atoms with E-state index in [1.165, 1.54) is 5.56 Å². The van der Waals surface area contributed by atoms with E-state index in [4.69, 9.17) is 0 Å². The Kier molecular flexibility index (Phi) is 4.42. The van der Waals surface area contributed by atoms with Gasteiger partial charge in [0.05, 0.1) is 17.2 Å². The fourth-order valence-electron chi connectivity index (χ4n) is 2.67. The van der Waals surface area contributed by atoms with E-state index in [2.05, 4.69) is 27.0 Å². The van der Waals surface area contributed by atoms with Gasteiger partial charge in [0.15, 0.2) is 0 Å². The number of nitrogens with one attached hydrogen (secondary N) is 1. The second-order valence-corrected chi connectivity index (χ2v) is 5.72. The van der Waals surface area contributed by atoms with Crippen molar-refractivity contribution in [3.05, 3.63) is 65.0 Å². The molecule has 122 valence electrons. The summed E-state index contributed by atoms with van der Waals surface area (Å²) in [5, 5.41) is 4.02. The first-order chi connectivity index (χ1) is 11.6. The lowest BCUT2D eigenvalue weighted by Crippen LogP contribution is -2.17. The molecule has 1 aromatic heterocycles. The molecule has 0 saturated carbocycles. The van der Waals surface area contributed by atoms with Gasteiger partial charge in [-0.1, -0.05) is 29.8 Å². The second-order valence-electron chi connectivity index (χ2n) is 5.72. The maximum Gasteiger partial charge on any atom is 0.271 e. The Morgan fingerprint density at radius 2 is 1.96 bits per heavy atom. The minimum Gasteiger partial charge on any atom is -0.329 e. The predicted molar refractivity (Wildman–Crippen MR) is 96.4 cm³/mol. The lowest BCUT2D eigenvalue weighted by molar-refractivity contribution is 0.0955. The number of amides is 1. The van der Waals surface area contributed by atoms with Crippen LogP contribution in [0.3, 0.4) is 0 Å². The van der Waals surface area contributed by atoms with E-state index in [9.17, 15) is 4.79 Å². The Labute approximate surface area is 141 Å². The maximum absolute atomic E-state index is 12.2. The molecule has 1 heterocycles. The summed E-state index contributed by atoms with van der Waals surface area (Å²) in [5.74, 6) is 0.700. The average Bonchev–Trinajstić information content (AvgIpc) is 2.90. The van der Waals surface area contributed by atoms with Crippen molar-refractivity contribution in [1.29, 1.82) is 0 Å². The number of carbonyl (C=O) groups is 1. The van der Waals surface area contributed by atoms with E-state index in [0.717, 1.165) is 29.0 Å². The lowest BCUT2D eigenvalue weighted by Gasteiger charge is -2.03. The van der Waals surface area contributed by atoms with Crippen molar-refractivity contribution in [3.8, 4) is 0 Å². The number of hydrazone groups is 1. The highest BCUT2D eigenvalue weighted by Gasteiger charge is 2.10. The largest absolute Gasteiger partial charge is 0.329 e. The van der Waals surface area contributed by atoms with Crippen molar-refractivity contribution in [3.63, 3.8) is 0 Å². The maximum atomic E-state index is 12.2. The number of benzene rings is 2. The zero-order chi connectivity index (χ0) is 17.1. The van der Waals surface area contributed by atoms with E-state index in [1.54, 1.807) is 18.3 Å². The van der Waals surface area contributed by atoms with Crippen LogP contribution in [0.25, 0.3) is 11.0 Å². The summed E-state index contributed by atoms with van der Waals surface area (Å²) in [6.07, 6.45) is 1.63. The summed E-state index contributed by atoms with van der Waals surface area (Å²) in [4.78, 5) is 16.7. The molecule has 0 fully saturated rings. The molecule has 5 nitrogen and oxygen atoms in total. The Balaban J connectivity index is 1.75. The topological polar surface area (TPSA) is 59.3 Å². The van der Waals surface area contributed by atoms with E-state index in [0.29, 0.717) is 5.56 Å². The van der Waals surface area contributed by atoms with Crippen LogP contribution in [0.2, 0.25) is 0 Å². The molecule has 5 heteroatoms. The van der Waals surface area contributed by atoms with E-state index in [1.807, 2.05) is 44.2 Å². The van der Waals surface area contributed by atoms with Gasteiger partial charge in [0.25, 0.3) is 5.91 Å². The normalized spacial score (nSPS) is 11.3. The van der Waals surface area contributed by atoms with Gasteiger partial charge in [0.1, 0.15) is 5.82 Å². The molecule has 0 spiro atoms. The van der Waals surface area contributed by atoms with Crippen molar-refractivity contribution in [2.45, 2.75) is 27.3 Å². The van der Waals surface area contributed by atoms with Gasteiger partial charge < -0.3 is 4.57 Å². The molecule has 3 rings (SSSR count). The highest BCUT2D eigenvalue weighted by molar-refractivity contribution is 5.97. The third-order valence-electron chi connectivity index (χ3n) is 3.97. The first-order valence-corrected chi connectivity index (χ1v) is 7.95. The van der Waals surface area contributed by atoms with Gasteiger partial charge in [0.2, 0.25) is 0 Å². The van der Waals surface area contributed by atoms with E-state index < -0.39 is 0 Å². The highest BCUT2D eigenvalue weighted by atomic mass is 16.2. The number of imidazole rings is 1. The molecule has 0 saturated heterocycles. The van der Waals surface area contributed by atoms with E-state index >= 15 is 0 Å². The number of rotatable bonds is 4. The fourth-order valence-corrected chi connectivity index (χ4v) is 2.67. The Bertz CT molecular complexity index is 907. The number of nitrogens with zero attached hydrogens (tertiary/aromatic N) is 3. The van der Waals surface area contributed by atoms with Crippen LogP contribution >= 0.6 is 0 Å². The SMILES string of the molecule is CCn1c(C)nc2cc(C(=O)N/N=C/c3ccc(C)cc3)ccc21. The quantitative estimate of drug-likeness (QED) is 0.591. The van der Waals surface area contributed by atoms with Crippen LogP contribution in [0.15, 0.2) is 47.6 Å². The minimum absolute atomic E-state index is 0.246. The van der Waals surface area contributed by atoms with Gasteiger partial charge in [-0.25, -0.2) is 10.4 Å². The predicted octanol–water partition coefficient (Wildman–Crippen LogP) is 3.44. The lowest BCUT2D eigenvalue weighted by atomic mass is 10.2. The molecule has 1 N–H and O–H groups in total. The third-order valence-corrected chi connectivity index (χ3v) is 3.97. The van der Waals surface area contributed by atoms with Gasteiger partial charge in [-0.05, 0) is 44.5 Å². The van der Waals surface area contributed by atoms with Crippen LogP contribution in [-0.4, -0.2) is 21.7 Å².